The second kappa shape index (κ2) is 9.18. The van der Waals surface area contributed by atoms with Crippen molar-refractivity contribution in [3.63, 3.8) is 0 Å². The first kappa shape index (κ1) is 21.5. The minimum Gasteiger partial charge on any atom is -0.350 e. The van der Waals surface area contributed by atoms with Gasteiger partial charge in [-0.15, -0.1) is 0 Å². The first-order chi connectivity index (χ1) is 15.4. The maximum atomic E-state index is 13.0. The number of nitrogens with zero attached hydrogens (tertiary/aromatic N) is 3. The molecule has 0 radical (unpaired) electrons. The summed E-state index contributed by atoms with van der Waals surface area (Å²) >= 11 is 1.64. The molecule has 11 heteroatoms. The van der Waals surface area contributed by atoms with E-state index in [0.717, 1.165) is 16.8 Å². The Hall–Kier alpha value is -3.73. The van der Waals surface area contributed by atoms with Crippen molar-refractivity contribution >= 4 is 35.1 Å². The maximum Gasteiger partial charge on any atom is 0.270 e. The van der Waals surface area contributed by atoms with Crippen LogP contribution in [0.1, 0.15) is 27.2 Å². The van der Waals surface area contributed by atoms with Crippen LogP contribution in [-0.2, 0) is 29.4 Å². The lowest BCUT2D eigenvalue weighted by molar-refractivity contribution is -0.384. The smallest absolute Gasteiger partial charge is 0.270 e. The Balaban J connectivity index is 1.48. The van der Waals surface area contributed by atoms with E-state index in [-0.39, 0.29) is 36.1 Å². The molecule has 0 saturated heterocycles. The largest absolute Gasteiger partial charge is 0.350 e. The van der Waals surface area contributed by atoms with Crippen molar-refractivity contribution < 1.29 is 18.9 Å². The van der Waals surface area contributed by atoms with Gasteiger partial charge in [-0.2, -0.15) is 16.9 Å². The Bertz CT molecular complexity index is 1200. The number of nitro groups is 1. The summed E-state index contributed by atoms with van der Waals surface area (Å²) in [5.41, 5.74) is 2.31. The molecule has 0 aliphatic carbocycles. The van der Waals surface area contributed by atoms with Crippen molar-refractivity contribution in [2.45, 2.75) is 24.6 Å². The first-order valence-corrected chi connectivity index (χ1v) is 10.8. The highest BCUT2D eigenvalue weighted by Crippen LogP contribution is 2.35. The molecular weight excluding hydrogens is 437 g/mol. The lowest BCUT2D eigenvalue weighted by Gasteiger charge is -2.11. The van der Waals surface area contributed by atoms with Crippen LogP contribution in [0.15, 0.2) is 48.5 Å². The Labute approximate surface area is 186 Å². The highest BCUT2D eigenvalue weighted by Gasteiger charge is 2.25. The molecule has 32 heavy (non-hydrogen) atoms. The van der Waals surface area contributed by atoms with Gasteiger partial charge in [0.15, 0.2) is 0 Å². The third-order valence-electron chi connectivity index (χ3n) is 4.87. The lowest BCUT2D eigenvalue weighted by Crippen LogP contribution is -2.28. The van der Waals surface area contributed by atoms with E-state index in [0.29, 0.717) is 17.3 Å². The Morgan fingerprint density at radius 2 is 1.97 bits per heavy atom. The van der Waals surface area contributed by atoms with Crippen LogP contribution in [0.4, 0.5) is 15.9 Å². The minimum absolute atomic E-state index is 0.122. The van der Waals surface area contributed by atoms with Gasteiger partial charge >= 0.3 is 0 Å². The van der Waals surface area contributed by atoms with Crippen molar-refractivity contribution in [3.8, 4) is 0 Å². The summed E-state index contributed by atoms with van der Waals surface area (Å²) in [6.45, 7) is 0.106. The third-order valence-corrected chi connectivity index (χ3v) is 5.84. The predicted octanol–water partition coefficient (Wildman–Crippen LogP) is 3.25. The molecule has 1 aliphatic rings. The van der Waals surface area contributed by atoms with Crippen molar-refractivity contribution in [3.05, 3.63) is 86.8 Å². The van der Waals surface area contributed by atoms with Gasteiger partial charge < -0.3 is 10.6 Å². The molecule has 2 heterocycles. The van der Waals surface area contributed by atoms with E-state index in [1.807, 2.05) is 0 Å². The van der Waals surface area contributed by atoms with E-state index in [1.165, 1.54) is 41.1 Å². The highest BCUT2D eigenvalue weighted by atomic mass is 32.2. The molecule has 0 fully saturated rings. The van der Waals surface area contributed by atoms with Crippen molar-refractivity contribution in [1.82, 2.24) is 15.1 Å². The predicted molar refractivity (Wildman–Crippen MR) is 117 cm³/mol. The SMILES string of the molecule is O=C(Cn1nc2c(c1NC(=O)c1cccc([N+](=O)[O-])c1)CSC2)NCc1ccc(F)cc1. The van der Waals surface area contributed by atoms with Gasteiger partial charge in [-0.1, -0.05) is 18.2 Å². The number of carbonyl (C=O) groups excluding carboxylic acids is 2. The van der Waals surface area contributed by atoms with Crippen LogP contribution in [0, 0.1) is 15.9 Å². The minimum atomic E-state index is -0.569. The first-order valence-electron chi connectivity index (χ1n) is 9.64. The number of aromatic nitrogens is 2. The second-order valence-corrected chi connectivity index (χ2v) is 8.07. The van der Waals surface area contributed by atoms with Crippen LogP contribution < -0.4 is 10.6 Å². The number of benzene rings is 2. The van der Waals surface area contributed by atoms with Crippen molar-refractivity contribution in [2.75, 3.05) is 5.32 Å². The molecule has 2 N–H and O–H groups in total. The quantitative estimate of drug-likeness (QED) is 0.417. The molecule has 164 valence electrons. The fraction of sp³-hybridized carbons (Fsp3) is 0.190. The fourth-order valence-electron chi connectivity index (χ4n) is 3.26. The topological polar surface area (TPSA) is 119 Å². The summed E-state index contributed by atoms with van der Waals surface area (Å²) in [5.74, 6) is 0.498. The average Bonchev–Trinajstić information content (AvgIpc) is 3.36. The zero-order valence-corrected chi connectivity index (χ0v) is 17.5. The Morgan fingerprint density at radius 1 is 1.19 bits per heavy atom. The van der Waals surface area contributed by atoms with Crippen LogP contribution in [0.25, 0.3) is 0 Å². The van der Waals surface area contributed by atoms with Gasteiger partial charge in [-0.3, -0.25) is 19.7 Å². The molecule has 2 amide bonds. The Morgan fingerprint density at radius 3 is 2.72 bits per heavy atom. The molecule has 0 bridgehead atoms. The monoisotopic (exact) mass is 455 g/mol. The fourth-order valence-corrected chi connectivity index (χ4v) is 4.29. The number of non-ortho nitro benzene ring substituents is 1. The van der Waals surface area contributed by atoms with E-state index < -0.39 is 10.8 Å². The summed E-state index contributed by atoms with van der Waals surface area (Å²) < 4.78 is 14.4. The summed E-state index contributed by atoms with van der Waals surface area (Å²) in [6, 6.07) is 11.2. The molecule has 3 aromatic rings. The second-order valence-electron chi connectivity index (χ2n) is 7.09. The number of halogens is 1. The maximum absolute atomic E-state index is 13.0. The Kier molecular flexibility index (Phi) is 6.17. The van der Waals surface area contributed by atoms with E-state index >= 15 is 0 Å². The highest BCUT2D eigenvalue weighted by molar-refractivity contribution is 7.98. The standard InChI is InChI=1S/C21H18FN5O4S/c22-15-6-4-13(5-7-15)9-23-19(28)10-26-20(17-11-32-12-18(17)25-26)24-21(29)14-2-1-3-16(8-14)27(30)31/h1-8H,9-12H2,(H,23,28)(H,24,29). The van der Waals surface area contributed by atoms with Gasteiger partial charge in [0.2, 0.25) is 5.91 Å². The molecule has 2 aromatic carbocycles. The molecule has 1 aromatic heterocycles. The number of hydrogen-bond acceptors (Lipinski definition) is 6. The molecule has 0 spiro atoms. The van der Waals surface area contributed by atoms with E-state index in [1.54, 1.807) is 23.9 Å². The number of nitro benzene ring substituents is 1. The third kappa shape index (κ3) is 4.78. The number of fused-ring (bicyclic) bond motifs is 1. The van der Waals surface area contributed by atoms with Gasteiger partial charge in [-0.25, -0.2) is 9.07 Å². The summed E-state index contributed by atoms with van der Waals surface area (Å²) in [4.78, 5) is 35.6. The normalized spacial score (nSPS) is 12.3. The van der Waals surface area contributed by atoms with Crippen LogP contribution in [0.5, 0.6) is 0 Å². The summed E-state index contributed by atoms with van der Waals surface area (Å²) in [7, 11) is 0. The van der Waals surface area contributed by atoms with Crippen molar-refractivity contribution in [1.29, 1.82) is 0 Å². The van der Waals surface area contributed by atoms with Crippen molar-refractivity contribution in [2.24, 2.45) is 0 Å². The number of amides is 2. The molecule has 1 aliphatic heterocycles. The van der Waals surface area contributed by atoms with Gasteiger partial charge in [0.25, 0.3) is 11.6 Å². The lowest BCUT2D eigenvalue weighted by atomic mass is 10.2. The molecule has 9 nitrogen and oxygen atoms in total. The zero-order chi connectivity index (χ0) is 22.7. The summed E-state index contributed by atoms with van der Waals surface area (Å²) in [6.07, 6.45) is 0. The molecule has 0 atom stereocenters. The van der Waals surface area contributed by atoms with E-state index in [2.05, 4.69) is 15.7 Å². The zero-order valence-electron chi connectivity index (χ0n) is 16.7. The van der Waals surface area contributed by atoms with Crippen LogP contribution in [-0.4, -0.2) is 26.5 Å². The molecule has 4 rings (SSSR count). The van der Waals surface area contributed by atoms with Gasteiger partial charge in [0, 0.05) is 41.3 Å². The number of anilines is 1. The van der Waals surface area contributed by atoms with Crippen LogP contribution in [0.2, 0.25) is 0 Å². The van der Waals surface area contributed by atoms with Gasteiger partial charge in [0.1, 0.15) is 18.2 Å². The van der Waals surface area contributed by atoms with Crippen LogP contribution in [0.3, 0.4) is 0 Å². The number of nitrogens with one attached hydrogen (secondary N) is 2. The average molecular weight is 455 g/mol. The summed E-state index contributed by atoms with van der Waals surface area (Å²) in [5, 5.41) is 21.0. The molecule has 0 saturated carbocycles. The van der Waals surface area contributed by atoms with Crippen LogP contribution >= 0.6 is 11.8 Å². The molecule has 0 unspecified atom stereocenters. The van der Waals surface area contributed by atoms with E-state index in [4.69, 9.17) is 0 Å². The van der Waals surface area contributed by atoms with Gasteiger partial charge in [-0.05, 0) is 23.8 Å². The van der Waals surface area contributed by atoms with E-state index in [9.17, 15) is 24.1 Å². The van der Waals surface area contributed by atoms with Gasteiger partial charge in [0.05, 0.1) is 10.6 Å². The number of rotatable bonds is 7. The number of thioether (sulfide) groups is 1. The number of carbonyl (C=O) groups is 2. The number of hydrogen-bond donors (Lipinski definition) is 2. The molecular formula is C21H18FN5O4S.